The van der Waals surface area contributed by atoms with Gasteiger partial charge in [0.15, 0.2) is 4.96 Å². The first-order valence-electron chi connectivity index (χ1n) is 9.72. The molecule has 6 heteroatoms. The summed E-state index contributed by atoms with van der Waals surface area (Å²) in [5.41, 5.74) is 7.58. The summed E-state index contributed by atoms with van der Waals surface area (Å²) in [6, 6.07) is 12.6. The molecule has 150 valence electrons. The van der Waals surface area contributed by atoms with Crippen molar-refractivity contribution in [3.05, 3.63) is 91.2 Å². The van der Waals surface area contributed by atoms with Crippen LogP contribution in [0.3, 0.4) is 0 Å². The Kier molecular flexibility index (Phi) is 4.15. The van der Waals surface area contributed by atoms with E-state index in [0.29, 0.717) is 9.49 Å². The second kappa shape index (κ2) is 6.64. The van der Waals surface area contributed by atoms with Crippen LogP contribution in [0.1, 0.15) is 28.1 Å². The standard InChI is InChI=1S/C24H20FN3OS/c1-13-8-20-21(9-14(13)2)28-23(29)22(30-24(28)26-20)11-17-10-15(3)27(16(17)4)19-7-5-6-18(25)12-19/h5-12H,1-4H3/b22-11-. The third-order valence-corrected chi connectivity index (χ3v) is 6.65. The lowest BCUT2D eigenvalue weighted by molar-refractivity contribution is 0.626. The predicted octanol–water partition coefficient (Wildman–Crippen LogP) is 4.62. The van der Waals surface area contributed by atoms with Gasteiger partial charge in [-0.2, -0.15) is 0 Å². The summed E-state index contributed by atoms with van der Waals surface area (Å²) in [5, 5.41) is 0. The number of hydrogen-bond donors (Lipinski definition) is 0. The minimum absolute atomic E-state index is 0.0590. The quantitative estimate of drug-likeness (QED) is 0.420. The van der Waals surface area contributed by atoms with Crippen molar-refractivity contribution in [2.24, 2.45) is 0 Å². The SMILES string of the molecule is Cc1cc2nc3s/c(=C\c4cc(C)n(-c5cccc(F)c5)c4C)c(=O)n3c2cc1C. The smallest absolute Gasteiger partial charge is 0.274 e. The molecule has 0 saturated heterocycles. The molecule has 0 aliphatic rings. The predicted molar refractivity (Wildman–Crippen MR) is 120 cm³/mol. The van der Waals surface area contributed by atoms with E-state index in [0.717, 1.165) is 44.8 Å². The van der Waals surface area contributed by atoms with Gasteiger partial charge in [0.1, 0.15) is 5.82 Å². The van der Waals surface area contributed by atoms with E-state index < -0.39 is 0 Å². The van der Waals surface area contributed by atoms with Gasteiger partial charge in [0, 0.05) is 17.1 Å². The van der Waals surface area contributed by atoms with Crippen molar-refractivity contribution >= 4 is 33.4 Å². The molecule has 0 fully saturated rings. The zero-order chi connectivity index (χ0) is 21.2. The molecule has 0 saturated carbocycles. The third kappa shape index (κ3) is 2.79. The van der Waals surface area contributed by atoms with Crippen molar-refractivity contribution in [2.75, 3.05) is 0 Å². The molecule has 0 N–H and O–H groups in total. The first kappa shape index (κ1) is 18.8. The molecule has 5 aromatic rings. The largest absolute Gasteiger partial charge is 0.318 e. The van der Waals surface area contributed by atoms with Gasteiger partial charge in [0.2, 0.25) is 0 Å². The summed E-state index contributed by atoms with van der Waals surface area (Å²) in [6.07, 6.45) is 1.91. The summed E-state index contributed by atoms with van der Waals surface area (Å²) in [6.45, 7) is 8.05. The Labute approximate surface area is 176 Å². The van der Waals surface area contributed by atoms with E-state index in [9.17, 15) is 9.18 Å². The highest BCUT2D eigenvalue weighted by atomic mass is 32.1. The van der Waals surface area contributed by atoms with E-state index in [1.54, 1.807) is 10.5 Å². The van der Waals surface area contributed by atoms with Crippen molar-refractivity contribution in [3.8, 4) is 5.69 Å². The van der Waals surface area contributed by atoms with Crippen molar-refractivity contribution in [1.29, 1.82) is 0 Å². The average molecular weight is 418 g/mol. The molecule has 0 atom stereocenters. The summed E-state index contributed by atoms with van der Waals surface area (Å²) >= 11 is 1.39. The molecule has 3 heterocycles. The second-order valence-electron chi connectivity index (χ2n) is 7.71. The van der Waals surface area contributed by atoms with E-state index in [-0.39, 0.29) is 11.4 Å². The fourth-order valence-corrected chi connectivity index (χ4v) is 4.98. The number of halogens is 1. The van der Waals surface area contributed by atoms with Crippen LogP contribution in [0, 0.1) is 33.5 Å². The van der Waals surface area contributed by atoms with Gasteiger partial charge in [-0.05, 0) is 86.9 Å². The highest BCUT2D eigenvalue weighted by molar-refractivity contribution is 7.15. The van der Waals surface area contributed by atoms with Gasteiger partial charge in [0.25, 0.3) is 5.56 Å². The van der Waals surface area contributed by atoms with E-state index in [2.05, 4.69) is 4.98 Å². The van der Waals surface area contributed by atoms with Crippen LogP contribution >= 0.6 is 11.3 Å². The van der Waals surface area contributed by atoms with Crippen LogP contribution in [-0.4, -0.2) is 14.0 Å². The molecule has 0 unspecified atom stereocenters. The lowest BCUT2D eigenvalue weighted by Gasteiger charge is -2.09. The van der Waals surface area contributed by atoms with Crippen molar-refractivity contribution in [2.45, 2.75) is 27.7 Å². The Morgan fingerprint density at radius 1 is 1.03 bits per heavy atom. The minimum atomic E-state index is -0.274. The van der Waals surface area contributed by atoms with Gasteiger partial charge in [-0.15, -0.1) is 0 Å². The topological polar surface area (TPSA) is 39.3 Å². The van der Waals surface area contributed by atoms with Gasteiger partial charge >= 0.3 is 0 Å². The zero-order valence-electron chi connectivity index (χ0n) is 17.2. The van der Waals surface area contributed by atoms with E-state index >= 15 is 0 Å². The number of nitrogens with zero attached hydrogens (tertiary/aromatic N) is 3. The fraction of sp³-hybridized carbons (Fsp3) is 0.167. The monoisotopic (exact) mass is 417 g/mol. The number of benzene rings is 2. The highest BCUT2D eigenvalue weighted by Crippen LogP contribution is 2.23. The van der Waals surface area contributed by atoms with Crippen molar-refractivity contribution in [3.63, 3.8) is 0 Å². The fourth-order valence-electron chi connectivity index (χ4n) is 4.01. The van der Waals surface area contributed by atoms with Gasteiger partial charge in [0.05, 0.1) is 15.6 Å². The van der Waals surface area contributed by atoms with Crippen LogP contribution in [0.15, 0.2) is 47.3 Å². The molecule has 4 nitrogen and oxygen atoms in total. The van der Waals surface area contributed by atoms with E-state index in [4.69, 9.17) is 0 Å². The van der Waals surface area contributed by atoms with Crippen LogP contribution in [0.25, 0.3) is 27.8 Å². The highest BCUT2D eigenvalue weighted by Gasteiger charge is 2.14. The Hall–Kier alpha value is -3.25. The normalized spacial score (nSPS) is 12.5. The van der Waals surface area contributed by atoms with Crippen molar-refractivity contribution < 1.29 is 4.39 Å². The van der Waals surface area contributed by atoms with Gasteiger partial charge < -0.3 is 4.57 Å². The average Bonchev–Trinajstić information content (AvgIpc) is 3.27. The Morgan fingerprint density at radius 2 is 1.80 bits per heavy atom. The molecule has 0 radical (unpaired) electrons. The van der Waals surface area contributed by atoms with Crippen molar-refractivity contribution in [1.82, 2.24) is 14.0 Å². The van der Waals surface area contributed by atoms with Crippen LogP contribution < -0.4 is 10.1 Å². The Morgan fingerprint density at radius 3 is 2.57 bits per heavy atom. The lowest BCUT2D eigenvalue weighted by Crippen LogP contribution is -2.22. The second-order valence-corrected chi connectivity index (χ2v) is 8.72. The summed E-state index contributed by atoms with van der Waals surface area (Å²) in [7, 11) is 0. The van der Waals surface area contributed by atoms with Gasteiger partial charge in [-0.3, -0.25) is 4.79 Å². The Bertz CT molecular complexity index is 1570. The summed E-state index contributed by atoms with van der Waals surface area (Å²) < 4.78 is 18.1. The molecule has 0 bridgehead atoms. The summed E-state index contributed by atoms with van der Waals surface area (Å²) in [4.78, 5) is 18.5. The number of fused-ring (bicyclic) bond motifs is 3. The maximum absolute atomic E-state index is 13.7. The van der Waals surface area contributed by atoms with Gasteiger partial charge in [-0.1, -0.05) is 17.4 Å². The maximum Gasteiger partial charge on any atom is 0.274 e. The first-order valence-corrected chi connectivity index (χ1v) is 10.5. The Balaban J connectivity index is 1.71. The molecule has 0 amide bonds. The van der Waals surface area contributed by atoms with E-state index in [1.807, 2.05) is 62.6 Å². The molecule has 0 spiro atoms. The van der Waals surface area contributed by atoms with Crippen LogP contribution in [0.4, 0.5) is 4.39 Å². The number of rotatable bonds is 2. The third-order valence-electron chi connectivity index (χ3n) is 5.68. The molecular formula is C24H20FN3OS. The number of imidazole rings is 1. The van der Waals surface area contributed by atoms with E-state index in [1.165, 1.54) is 23.5 Å². The van der Waals surface area contributed by atoms with Gasteiger partial charge in [-0.25, -0.2) is 13.8 Å². The summed E-state index contributed by atoms with van der Waals surface area (Å²) in [5.74, 6) is -0.274. The molecule has 30 heavy (non-hydrogen) atoms. The first-order chi connectivity index (χ1) is 14.3. The molecule has 2 aromatic carbocycles. The van der Waals surface area contributed by atoms with Crippen LogP contribution in [-0.2, 0) is 0 Å². The molecule has 3 aromatic heterocycles. The molecule has 0 aliphatic heterocycles. The number of thiazole rings is 1. The number of hydrogen-bond acceptors (Lipinski definition) is 3. The molecule has 5 rings (SSSR count). The number of aromatic nitrogens is 3. The lowest BCUT2D eigenvalue weighted by atomic mass is 10.1. The molecule has 0 aliphatic carbocycles. The number of aryl methyl sites for hydroxylation is 3. The molecular weight excluding hydrogens is 397 g/mol. The zero-order valence-corrected chi connectivity index (χ0v) is 18.0. The minimum Gasteiger partial charge on any atom is -0.318 e. The van der Waals surface area contributed by atoms with Crippen LogP contribution in [0.2, 0.25) is 0 Å². The van der Waals surface area contributed by atoms with Crippen LogP contribution in [0.5, 0.6) is 0 Å². The maximum atomic E-state index is 13.7.